The largest absolute Gasteiger partial charge is 0.378 e. The molecule has 0 bridgehead atoms. The first-order chi connectivity index (χ1) is 7.78. The Morgan fingerprint density at radius 1 is 1.56 bits per heavy atom. The minimum absolute atomic E-state index is 0.356. The molecule has 0 aliphatic carbocycles. The SMILES string of the molecule is CCCc1nsc(NC2CCOC(C)C2)n1. The van der Waals surface area contributed by atoms with Gasteiger partial charge in [0.15, 0.2) is 0 Å². The Bertz CT molecular complexity index is 329. The van der Waals surface area contributed by atoms with Crippen LogP contribution < -0.4 is 5.32 Å². The molecule has 90 valence electrons. The molecule has 2 rings (SSSR count). The normalized spacial score (nSPS) is 25.6. The second-order valence-corrected chi connectivity index (χ2v) is 5.06. The van der Waals surface area contributed by atoms with E-state index in [0.717, 1.165) is 43.2 Å². The van der Waals surface area contributed by atoms with Gasteiger partial charge in [0, 0.05) is 30.6 Å². The lowest BCUT2D eigenvalue weighted by molar-refractivity contribution is 0.0232. The molecule has 2 atom stereocenters. The van der Waals surface area contributed by atoms with Gasteiger partial charge < -0.3 is 10.1 Å². The van der Waals surface area contributed by atoms with Crippen LogP contribution in [-0.4, -0.2) is 28.1 Å². The van der Waals surface area contributed by atoms with Crippen LogP contribution in [0.25, 0.3) is 0 Å². The zero-order valence-corrected chi connectivity index (χ0v) is 10.7. The third kappa shape index (κ3) is 3.15. The fourth-order valence-corrected chi connectivity index (χ4v) is 2.63. The van der Waals surface area contributed by atoms with Gasteiger partial charge in [-0.1, -0.05) is 6.92 Å². The van der Waals surface area contributed by atoms with E-state index in [1.54, 1.807) is 0 Å². The molecule has 4 nitrogen and oxygen atoms in total. The molecule has 16 heavy (non-hydrogen) atoms. The van der Waals surface area contributed by atoms with Crippen LogP contribution in [0.5, 0.6) is 0 Å². The molecule has 1 aromatic heterocycles. The van der Waals surface area contributed by atoms with Gasteiger partial charge >= 0.3 is 0 Å². The van der Waals surface area contributed by atoms with Crippen molar-refractivity contribution in [3.63, 3.8) is 0 Å². The number of rotatable bonds is 4. The second-order valence-electron chi connectivity index (χ2n) is 4.31. The van der Waals surface area contributed by atoms with Crippen LogP contribution in [0.2, 0.25) is 0 Å². The predicted molar refractivity (Wildman–Crippen MR) is 66.0 cm³/mol. The van der Waals surface area contributed by atoms with Crippen LogP contribution in [0.4, 0.5) is 5.13 Å². The number of aryl methyl sites for hydroxylation is 1. The number of hydrogen-bond donors (Lipinski definition) is 1. The number of ether oxygens (including phenoxy) is 1. The molecule has 1 aromatic rings. The van der Waals surface area contributed by atoms with E-state index in [2.05, 4.69) is 28.5 Å². The maximum absolute atomic E-state index is 5.52. The number of aromatic nitrogens is 2. The van der Waals surface area contributed by atoms with E-state index in [9.17, 15) is 0 Å². The van der Waals surface area contributed by atoms with E-state index in [-0.39, 0.29) is 0 Å². The molecule has 1 fully saturated rings. The molecule has 1 saturated heterocycles. The van der Waals surface area contributed by atoms with Gasteiger partial charge in [0.05, 0.1) is 6.10 Å². The molecule has 0 spiro atoms. The fraction of sp³-hybridized carbons (Fsp3) is 0.818. The van der Waals surface area contributed by atoms with Crippen molar-refractivity contribution in [1.29, 1.82) is 0 Å². The van der Waals surface area contributed by atoms with Crippen LogP contribution in [0.1, 0.15) is 38.9 Å². The van der Waals surface area contributed by atoms with Gasteiger partial charge in [-0.3, -0.25) is 0 Å². The van der Waals surface area contributed by atoms with Crippen LogP contribution in [-0.2, 0) is 11.2 Å². The van der Waals surface area contributed by atoms with Gasteiger partial charge in [-0.05, 0) is 26.2 Å². The lowest BCUT2D eigenvalue weighted by Crippen LogP contribution is -2.32. The highest BCUT2D eigenvalue weighted by Gasteiger charge is 2.20. The quantitative estimate of drug-likeness (QED) is 0.879. The highest BCUT2D eigenvalue weighted by molar-refractivity contribution is 7.09. The first-order valence-corrected chi connectivity index (χ1v) is 6.76. The molecule has 0 amide bonds. The molecular formula is C11H19N3OS. The number of nitrogens with one attached hydrogen (secondary N) is 1. The van der Waals surface area contributed by atoms with Crippen LogP contribution in [0, 0.1) is 0 Å². The Morgan fingerprint density at radius 2 is 2.44 bits per heavy atom. The molecule has 1 aliphatic heterocycles. The summed E-state index contributed by atoms with van der Waals surface area (Å²) in [5.74, 6) is 0.968. The van der Waals surface area contributed by atoms with Crippen LogP contribution >= 0.6 is 11.5 Å². The van der Waals surface area contributed by atoms with Crippen molar-refractivity contribution in [2.24, 2.45) is 0 Å². The molecular weight excluding hydrogens is 222 g/mol. The summed E-state index contributed by atoms with van der Waals surface area (Å²) < 4.78 is 9.84. The predicted octanol–water partition coefficient (Wildman–Crippen LogP) is 2.47. The van der Waals surface area contributed by atoms with E-state index in [4.69, 9.17) is 4.74 Å². The van der Waals surface area contributed by atoms with Crippen molar-refractivity contribution in [2.45, 2.75) is 51.7 Å². The minimum atomic E-state index is 0.356. The molecule has 5 heteroatoms. The summed E-state index contributed by atoms with van der Waals surface area (Å²) in [6.07, 6.45) is 4.55. The molecule has 2 heterocycles. The first kappa shape index (κ1) is 11.8. The maximum Gasteiger partial charge on any atom is 0.202 e. The molecule has 2 unspecified atom stereocenters. The standard InChI is InChI=1S/C11H19N3OS/c1-3-4-10-13-11(16-14-10)12-9-5-6-15-8(2)7-9/h8-9H,3-7H2,1-2H3,(H,12,13,14). The summed E-state index contributed by atoms with van der Waals surface area (Å²) >= 11 is 1.47. The van der Waals surface area contributed by atoms with Crippen molar-refractivity contribution < 1.29 is 4.74 Å². The second kappa shape index (κ2) is 5.59. The summed E-state index contributed by atoms with van der Waals surface area (Å²) in [5, 5.41) is 4.42. The highest BCUT2D eigenvalue weighted by atomic mass is 32.1. The van der Waals surface area contributed by atoms with Crippen molar-refractivity contribution in [2.75, 3.05) is 11.9 Å². The zero-order valence-electron chi connectivity index (χ0n) is 9.90. The summed E-state index contributed by atoms with van der Waals surface area (Å²) in [6.45, 7) is 5.12. The highest BCUT2D eigenvalue weighted by Crippen LogP contribution is 2.20. The van der Waals surface area contributed by atoms with Gasteiger partial charge in [0.25, 0.3) is 0 Å². The lowest BCUT2D eigenvalue weighted by Gasteiger charge is -2.27. The zero-order chi connectivity index (χ0) is 11.4. The first-order valence-electron chi connectivity index (χ1n) is 5.98. The van der Waals surface area contributed by atoms with Crippen molar-refractivity contribution in [3.8, 4) is 0 Å². The molecule has 1 aliphatic rings. The van der Waals surface area contributed by atoms with Gasteiger partial charge in [-0.15, -0.1) is 0 Å². The molecule has 1 N–H and O–H groups in total. The fourth-order valence-electron chi connectivity index (χ4n) is 1.94. The Labute approximate surface area is 101 Å². The molecule has 0 saturated carbocycles. The summed E-state index contributed by atoms with van der Waals surface area (Å²) in [6, 6.07) is 0.492. The third-order valence-corrected chi connectivity index (χ3v) is 3.44. The lowest BCUT2D eigenvalue weighted by atomic mass is 10.1. The van der Waals surface area contributed by atoms with E-state index < -0.39 is 0 Å². The average Bonchev–Trinajstić information content (AvgIpc) is 2.66. The number of nitrogens with zero attached hydrogens (tertiary/aromatic N) is 2. The topological polar surface area (TPSA) is 47.0 Å². The maximum atomic E-state index is 5.52. The van der Waals surface area contributed by atoms with Crippen molar-refractivity contribution in [3.05, 3.63) is 5.82 Å². The van der Waals surface area contributed by atoms with E-state index >= 15 is 0 Å². The average molecular weight is 241 g/mol. The van der Waals surface area contributed by atoms with E-state index in [0.29, 0.717) is 12.1 Å². The third-order valence-electron chi connectivity index (χ3n) is 2.75. The minimum Gasteiger partial charge on any atom is -0.378 e. The Morgan fingerprint density at radius 3 is 3.19 bits per heavy atom. The van der Waals surface area contributed by atoms with Crippen LogP contribution in [0.3, 0.4) is 0 Å². The summed E-state index contributed by atoms with van der Waals surface area (Å²) in [4.78, 5) is 4.47. The van der Waals surface area contributed by atoms with Gasteiger partial charge in [-0.2, -0.15) is 4.37 Å². The number of anilines is 1. The summed E-state index contributed by atoms with van der Waals surface area (Å²) in [7, 11) is 0. The van der Waals surface area contributed by atoms with Crippen molar-refractivity contribution in [1.82, 2.24) is 9.36 Å². The molecule has 0 aromatic carbocycles. The van der Waals surface area contributed by atoms with E-state index in [1.807, 2.05) is 0 Å². The monoisotopic (exact) mass is 241 g/mol. The van der Waals surface area contributed by atoms with Gasteiger partial charge in [0.2, 0.25) is 5.13 Å². The smallest absolute Gasteiger partial charge is 0.202 e. The van der Waals surface area contributed by atoms with Crippen LogP contribution in [0.15, 0.2) is 0 Å². The van der Waals surface area contributed by atoms with E-state index in [1.165, 1.54) is 11.5 Å². The Hall–Kier alpha value is -0.680. The Balaban J connectivity index is 1.87. The Kier molecular flexibility index (Phi) is 4.12. The summed E-state index contributed by atoms with van der Waals surface area (Å²) in [5.41, 5.74) is 0. The van der Waals surface area contributed by atoms with Gasteiger partial charge in [0.1, 0.15) is 5.82 Å². The number of hydrogen-bond acceptors (Lipinski definition) is 5. The molecule has 0 radical (unpaired) electrons. The van der Waals surface area contributed by atoms with Crippen molar-refractivity contribution >= 4 is 16.7 Å². The van der Waals surface area contributed by atoms with Gasteiger partial charge in [-0.25, -0.2) is 4.98 Å².